The molecular formula is C13H23N3. The number of hydrogen-bond donors (Lipinski definition) is 1. The Morgan fingerprint density at radius 1 is 1.44 bits per heavy atom. The van der Waals surface area contributed by atoms with Gasteiger partial charge in [0.05, 0.1) is 6.04 Å². The molecule has 0 aliphatic heterocycles. The third kappa shape index (κ3) is 2.14. The maximum Gasteiger partial charge on any atom is 0.0522 e. The van der Waals surface area contributed by atoms with Gasteiger partial charge in [-0.2, -0.15) is 5.10 Å². The molecule has 1 aromatic heterocycles. The van der Waals surface area contributed by atoms with Crippen molar-refractivity contribution in [3.63, 3.8) is 0 Å². The van der Waals surface area contributed by atoms with Gasteiger partial charge < -0.3 is 5.73 Å². The van der Waals surface area contributed by atoms with Gasteiger partial charge >= 0.3 is 0 Å². The van der Waals surface area contributed by atoms with Gasteiger partial charge in [0.2, 0.25) is 0 Å². The lowest BCUT2D eigenvalue weighted by Crippen LogP contribution is -2.22. The summed E-state index contributed by atoms with van der Waals surface area (Å²) in [6.45, 7) is 5.20. The van der Waals surface area contributed by atoms with E-state index in [2.05, 4.69) is 29.7 Å². The van der Waals surface area contributed by atoms with Crippen LogP contribution in [-0.2, 0) is 0 Å². The highest BCUT2D eigenvalue weighted by Gasteiger charge is 2.24. The van der Waals surface area contributed by atoms with Gasteiger partial charge in [-0.05, 0) is 24.8 Å². The number of nitrogens with two attached hydrogens (primary N) is 1. The van der Waals surface area contributed by atoms with Gasteiger partial charge in [-0.3, -0.25) is 4.68 Å². The van der Waals surface area contributed by atoms with E-state index in [0.717, 1.165) is 6.54 Å². The quantitative estimate of drug-likeness (QED) is 0.849. The molecule has 0 spiro atoms. The Labute approximate surface area is 98.0 Å². The van der Waals surface area contributed by atoms with E-state index in [1.807, 2.05) is 6.20 Å². The van der Waals surface area contributed by atoms with Crippen LogP contribution in [0.4, 0.5) is 0 Å². The molecule has 1 aliphatic rings. The molecule has 3 heteroatoms. The number of hydrogen-bond acceptors (Lipinski definition) is 2. The van der Waals surface area contributed by atoms with Crippen LogP contribution in [0.25, 0.3) is 0 Å². The fourth-order valence-corrected chi connectivity index (χ4v) is 2.81. The van der Waals surface area contributed by atoms with E-state index >= 15 is 0 Å². The fourth-order valence-electron chi connectivity index (χ4n) is 2.81. The summed E-state index contributed by atoms with van der Waals surface area (Å²) < 4.78 is 2.24. The summed E-state index contributed by atoms with van der Waals surface area (Å²) in [5.74, 6) is 1.03. The standard InChI is InChI=1S/C13H23N3/c1-10(2)12(9-14)13-7-8-15-16(13)11-5-3-4-6-11/h7-8,10-12H,3-6,9,14H2,1-2H3. The van der Waals surface area contributed by atoms with Crippen LogP contribution in [0.15, 0.2) is 12.3 Å². The molecule has 1 saturated carbocycles. The zero-order chi connectivity index (χ0) is 11.5. The van der Waals surface area contributed by atoms with E-state index in [4.69, 9.17) is 5.73 Å². The lowest BCUT2D eigenvalue weighted by molar-refractivity contribution is 0.403. The van der Waals surface area contributed by atoms with Crippen LogP contribution in [0.3, 0.4) is 0 Å². The van der Waals surface area contributed by atoms with E-state index in [1.54, 1.807) is 0 Å². The van der Waals surface area contributed by atoms with Crippen molar-refractivity contribution in [2.45, 2.75) is 51.5 Å². The Morgan fingerprint density at radius 3 is 2.69 bits per heavy atom. The highest BCUT2D eigenvalue weighted by Crippen LogP contribution is 2.33. The van der Waals surface area contributed by atoms with Crippen LogP contribution in [0.2, 0.25) is 0 Å². The first-order valence-corrected chi connectivity index (χ1v) is 6.47. The first-order valence-electron chi connectivity index (χ1n) is 6.47. The van der Waals surface area contributed by atoms with E-state index in [-0.39, 0.29) is 0 Å². The van der Waals surface area contributed by atoms with Gasteiger partial charge in [-0.15, -0.1) is 0 Å². The van der Waals surface area contributed by atoms with Gasteiger partial charge in [0.15, 0.2) is 0 Å². The first kappa shape index (κ1) is 11.6. The van der Waals surface area contributed by atoms with Gasteiger partial charge in [-0.1, -0.05) is 26.7 Å². The molecular weight excluding hydrogens is 198 g/mol. The van der Waals surface area contributed by atoms with E-state index < -0.39 is 0 Å². The predicted molar refractivity (Wildman–Crippen MR) is 66.4 cm³/mol. The minimum absolute atomic E-state index is 0.447. The normalized spacial score (nSPS) is 19.5. The molecule has 0 bridgehead atoms. The van der Waals surface area contributed by atoms with Crippen molar-refractivity contribution in [3.05, 3.63) is 18.0 Å². The molecule has 90 valence electrons. The van der Waals surface area contributed by atoms with Crippen molar-refractivity contribution < 1.29 is 0 Å². The van der Waals surface area contributed by atoms with Gasteiger partial charge in [-0.25, -0.2) is 0 Å². The summed E-state index contributed by atoms with van der Waals surface area (Å²) in [6.07, 6.45) is 7.19. The summed E-state index contributed by atoms with van der Waals surface area (Å²) in [6, 6.07) is 2.77. The van der Waals surface area contributed by atoms with E-state index in [1.165, 1.54) is 31.4 Å². The average molecular weight is 221 g/mol. The van der Waals surface area contributed by atoms with Crippen molar-refractivity contribution in [1.82, 2.24) is 9.78 Å². The highest BCUT2D eigenvalue weighted by molar-refractivity contribution is 5.11. The third-order valence-electron chi connectivity index (χ3n) is 3.81. The zero-order valence-corrected chi connectivity index (χ0v) is 10.4. The Balaban J connectivity index is 2.23. The molecule has 16 heavy (non-hydrogen) atoms. The van der Waals surface area contributed by atoms with Gasteiger partial charge in [0.25, 0.3) is 0 Å². The Kier molecular flexibility index (Phi) is 3.64. The molecule has 2 rings (SSSR count). The van der Waals surface area contributed by atoms with Crippen LogP contribution >= 0.6 is 0 Å². The summed E-state index contributed by atoms with van der Waals surface area (Å²) in [7, 11) is 0. The second-order valence-corrected chi connectivity index (χ2v) is 5.23. The van der Waals surface area contributed by atoms with Gasteiger partial charge in [0, 0.05) is 24.4 Å². The highest BCUT2D eigenvalue weighted by atomic mass is 15.3. The summed E-state index contributed by atoms with van der Waals surface area (Å²) >= 11 is 0. The molecule has 2 N–H and O–H groups in total. The smallest absolute Gasteiger partial charge is 0.0522 e. The van der Waals surface area contributed by atoms with Crippen LogP contribution in [0, 0.1) is 5.92 Å². The lowest BCUT2D eigenvalue weighted by atomic mass is 9.92. The molecule has 0 amide bonds. The molecule has 3 nitrogen and oxygen atoms in total. The second-order valence-electron chi connectivity index (χ2n) is 5.23. The van der Waals surface area contributed by atoms with Crippen molar-refractivity contribution in [2.75, 3.05) is 6.54 Å². The minimum Gasteiger partial charge on any atom is -0.330 e. The summed E-state index contributed by atoms with van der Waals surface area (Å²) in [4.78, 5) is 0. The van der Waals surface area contributed by atoms with Crippen LogP contribution < -0.4 is 5.73 Å². The van der Waals surface area contributed by atoms with Crippen LogP contribution in [0.1, 0.15) is 57.2 Å². The van der Waals surface area contributed by atoms with Crippen molar-refractivity contribution >= 4 is 0 Å². The SMILES string of the molecule is CC(C)C(CN)c1ccnn1C1CCCC1. The molecule has 1 heterocycles. The van der Waals surface area contributed by atoms with Crippen molar-refractivity contribution in [2.24, 2.45) is 11.7 Å². The zero-order valence-electron chi connectivity index (χ0n) is 10.4. The average Bonchev–Trinajstić information content (AvgIpc) is 2.86. The molecule has 0 saturated heterocycles. The minimum atomic E-state index is 0.447. The fraction of sp³-hybridized carbons (Fsp3) is 0.769. The molecule has 1 fully saturated rings. The molecule has 1 aliphatic carbocycles. The van der Waals surface area contributed by atoms with Crippen LogP contribution in [0.5, 0.6) is 0 Å². The van der Waals surface area contributed by atoms with Gasteiger partial charge in [0.1, 0.15) is 0 Å². The molecule has 0 radical (unpaired) electrons. The maximum absolute atomic E-state index is 5.89. The van der Waals surface area contributed by atoms with Crippen molar-refractivity contribution in [1.29, 1.82) is 0 Å². The molecule has 1 aromatic rings. The van der Waals surface area contributed by atoms with Crippen molar-refractivity contribution in [3.8, 4) is 0 Å². The van der Waals surface area contributed by atoms with E-state index in [9.17, 15) is 0 Å². The monoisotopic (exact) mass is 221 g/mol. The number of rotatable bonds is 4. The maximum atomic E-state index is 5.89. The summed E-state index contributed by atoms with van der Waals surface area (Å²) in [5.41, 5.74) is 7.23. The molecule has 1 atom stereocenters. The predicted octanol–water partition coefficient (Wildman–Crippen LogP) is 2.70. The number of aromatic nitrogens is 2. The Bertz CT molecular complexity index is 324. The summed E-state index contributed by atoms with van der Waals surface area (Å²) in [5, 5.41) is 4.51. The third-order valence-corrected chi connectivity index (χ3v) is 3.81. The topological polar surface area (TPSA) is 43.8 Å². The lowest BCUT2D eigenvalue weighted by Gasteiger charge is -2.23. The number of nitrogens with zero attached hydrogens (tertiary/aromatic N) is 2. The van der Waals surface area contributed by atoms with E-state index in [0.29, 0.717) is 17.9 Å². The molecule has 1 unspecified atom stereocenters. The molecule has 0 aromatic carbocycles. The Hall–Kier alpha value is -0.830. The second kappa shape index (κ2) is 5.00. The first-order chi connectivity index (χ1) is 7.74. The Morgan fingerprint density at radius 2 is 2.12 bits per heavy atom. The largest absolute Gasteiger partial charge is 0.330 e. The van der Waals surface area contributed by atoms with Crippen LogP contribution in [-0.4, -0.2) is 16.3 Å².